The first-order chi connectivity index (χ1) is 11.9. The Balaban J connectivity index is 1.62. The highest BCUT2D eigenvalue weighted by Gasteiger charge is 2.19. The predicted molar refractivity (Wildman–Crippen MR) is 91.3 cm³/mol. The number of amides is 1. The number of carbonyl (C=O) groups is 2. The van der Waals surface area contributed by atoms with E-state index in [1.807, 2.05) is 37.4 Å². The molecule has 0 radical (unpaired) electrons. The zero-order chi connectivity index (χ0) is 18.0. The zero-order valence-electron chi connectivity index (χ0n) is 14.1. The van der Waals surface area contributed by atoms with Gasteiger partial charge < -0.3 is 9.64 Å². The first-order valence-corrected chi connectivity index (χ1v) is 8.46. The molecule has 25 heavy (non-hydrogen) atoms. The molecule has 0 aliphatic carbocycles. The van der Waals surface area contributed by atoms with Crippen LogP contribution in [0.1, 0.15) is 26.9 Å². The van der Waals surface area contributed by atoms with Gasteiger partial charge >= 0.3 is 5.97 Å². The van der Waals surface area contributed by atoms with Gasteiger partial charge in [0.1, 0.15) is 0 Å². The maximum absolute atomic E-state index is 12.1. The third-order valence-corrected chi connectivity index (χ3v) is 4.39. The Kier molecular flexibility index (Phi) is 4.75. The number of fused-ring (bicyclic) bond motifs is 1. The molecule has 3 heterocycles. The monoisotopic (exact) mass is 359 g/mol. The van der Waals surface area contributed by atoms with Crippen molar-refractivity contribution >= 4 is 29.0 Å². The van der Waals surface area contributed by atoms with Crippen LogP contribution in [0, 0.1) is 13.8 Å². The van der Waals surface area contributed by atoms with E-state index in [0.717, 1.165) is 16.3 Å². The van der Waals surface area contributed by atoms with E-state index in [-0.39, 0.29) is 18.3 Å². The van der Waals surface area contributed by atoms with Crippen LogP contribution in [0.3, 0.4) is 0 Å². The van der Waals surface area contributed by atoms with E-state index in [1.165, 1.54) is 9.42 Å². The minimum absolute atomic E-state index is 0.116. The van der Waals surface area contributed by atoms with E-state index in [1.54, 1.807) is 18.4 Å². The normalized spacial score (nSPS) is 10.8. The molecular formula is C16H17N5O3S. The highest BCUT2D eigenvalue weighted by molar-refractivity contribution is 7.09. The fourth-order valence-electron chi connectivity index (χ4n) is 2.28. The lowest BCUT2D eigenvalue weighted by Crippen LogP contribution is -2.30. The van der Waals surface area contributed by atoms with Crippen molar-refractivity contribution in [1.29, 1.82) is 0 Å². The number of nitrogens with zero attached hydrogens (tertiary/aromatic N) is 5. The molecule has 8 nitrogen and oxygen atoms in total. The first-order valence-electron chi connectivity index (χ1n) is 7.58. The summed E-state index contributed by atoms with van der Waals surface area (Å²) in [7, 11) is 1.66. The summed E-state index contributed by atoms with van der Waals surface area (Å²) in [6.45, 7) is 3.79. The van der Waals surface area contributed by atoms with Gasteiger partial charge in [-0.15, -0.1) is 16.4 Å². The van der Waals surface area contributed by atoms with Crippen molar-refractivity contribution in [3.63, 3.8) is 0 Å². The van der Waals surface area contributed by atoms with E-state index in [0.29, 0.717) is 12.3 Å². The molecule has 130 valence electrons. The molecule has 0 fully saturated rings. The van der Waals surface area contributed by atoms with Gasteiger partial charge in [0.15, 0.2) is 6.61 Å². The number of hydrogen-bond donors (Lipinski definition) is 0. The molecule has 3 rings (SSSR count). The lowest BCUT2D eigenvalue weighted by atomic mass is 10.4. The molecule has 0 aliphatic heterocycles. The fraction of sp³-hybridized carbons (Fsp3) is 0.312. The Bertz CT molecular complexity index is 919. The molecule has 3 aromatic rings. The van der Waals surface area contributed by atoms with Gasteiger partial charge in [0.2, 0.25) is 0 Å². The minimum Gasteiger partial charge on any atom is -0.450 e. The van der Waals surface area contributed by atoms with E-state index in [2.05, 4.69) is 15.1 Å². The summed E-state index contributed by atoms with van der Waals surface area (Å²) in [5.41, 5.74) is 1.59. The third-order valence-electron chi connectivity index (χ3n) is 3.53. The quantitative estimate of drug-likeness (QED) is 0.643. The van der Waals surface area contributed by atoms with Crippen molar-refractivity contribution in [3.05, 3.63) is 45.7 Å². The predicted octanol–water partition coefficient (Wildman–Crippen LogP) is 1.62. The molecule has 0 bridgehead atoms. The van der Waals surface area contributed by atoms with Crippen molar-refractivity contribution in [2.45, 2.75) is 20.4 Å². The highest BCUT2D eigenvalue weighted by Crippen LogP contribution is 2.11. The summed E-state index contributed by atoms with van der Waals surface area (Å²) < 4.78 is 6.50. The van der Waals surface area contributed by atoms with Gasteiger partial charge in [-0.1, -0.05) is 6.07 Å². The number of hydrogen-bond acceptors (Lipinski definition) is 7. The van der Waals surface area contributed by atoms with Crippen LogP contribution >= 0.6 is 11.3 Å². The summed E-state index contributed by atoms with van der Waals surface area (Å²) in [5, 5.41) is 6.03. The molecule has 3 aromatic heterocycles. The maximum Gasteiger partial charge on any atom is 0.378 e. The molecule has 0 atom stereocenters. The smallest absolute Gasteiger partial charge is 0.378 e. The van der Waals surface area contributed by atoms with E-state index in [9.17, 15) is 9.59 Å². The van der Waals surface area contributed by atoms with Crippen LogP contribution in [0.4, 0.5) is 0 Å². The number of aryl methyl sites for hydroxylation is 2. The molecule has 1 amide bonds. The standard InChI is InChI=1S/C16H17N5O3S/c1-10-7-11(2)21-16(17-10)18-14(19-21)15(23)24-9-13(22)20(3)8-12-5-4-6-25-12/h4-7H,8-9H2,1-3H3. The second-order valence-electron chi connectivity index (χ2n) is 5.59. The van der Waals surface area contributed by atoms with Crippen LogP contribution in [0.25, 0.3) is 5.78 Å². The van der Waals surface area contributed by atoms with Gasteiger partial charge in [-0.25, -0.2) is 14.3 Å². The topological polar surface area (TPSA) is 89.7 Å². The summed E-state index contributed by atoms with van der Waals surface area (Å²) in [4.78, 5) is 35.0. The second-order valence-corrected chi connectivity index (χ2v) is 6.62. The molecular weight excluding hydrogens is 342 g/mol. The molecule has 0 aliphatic rings. The van der Waals surface area contributed by atoms with Gasteiger partial charge in [0, 0.05) is 23.3 Å². The Morgan fingerprint density at radius 1 is 1.32 bits per heavy atom. The average Bonchev–Trinajstić information content (AvgIpc) is 3.21. The van der Waals surface area contributed by atoms with Crippen molar-refractivity contribution in [2.75, 3.05) is 13.7 Å². The van der Waals surface area contributed by atoms with Crippen LogP contribution in [0.2, 0.25) is 0 Å². The Labute approximate surface area is 148 Å². The zero-order valence-corrected chi connectivity index (χ0v) is 14.9. The van der Waals surface area contributed by atoms with E-state index >= 15 is 0 Å². The van der Waals surface area contributed by atoms with Crippen molar-refractivity contribution in [3.8, 4) is 0 Å². The SMILES string of the molecule is Cc1cc(C)n2nc(C(=O)OCC(=O)N(C)Cc3cccs3)nc2n1. The molecule has 0 saturated carbocycles. The van der Waals surface area contributed by atoms with Crippen molar-refractivity contribution in [2.24, 2.45) is 0 Å². The van der Waals surface area contributed by atoms with Crippen molar-refractivity contribution in [1.82, 2.24) is 24.5 Å². The highest BCUT2D eigenvalue weighted by atomic mass is 32.1. The number of likely N-dealkylation sites (N-methyl/N-ethyl adjacent to an activating group) is 1. The number of rotatable bonds is 5. The van der Waals surface area contributed by atoms with Gasteiger partial charge in [-0.05, 0) is 31.4 Å². The number of thiophene rings is 1. The molecule has 0 unspecified atom stereocenters. The third kappa shape index (κ3) is 3.82. The molecule has 0 spiro atoms. The second kappa shape index (κ2) is 6.98. The lowest BCUT2D eigenvalue weighted by molar-refractivity contribution is -0.133. The van der Waals surface area contributed by atoms with E-state index in [4.69, 9.17) is 4.74 Å². The molecule has 0 aromatic carbocycles. The van der Waals surface area contributed by atoms with E-state index < -0.39 is 5.97 Å². The van der Waals surface area contributed by atoms with Crippen LogP contribution in [0.5, 0.6) is 0 Å². The summed E-state index contributed by atoms with van der Waals surface area (Å²) >= 11 is 1.56. The van der Waals surface area contributed by atoms with Crippen LogP contribution < -0.4 is 0 Å². The minimum atomic E-state index is -0.750. The van der Waals surface area contributed by atoms with Gasteiger partial charge in [0.05, 0.1) is 6.54 Å². The number of aromatic nitrogens is 4. The van der Waals surface area contributed by atoms with Crippen LogP contribution in [-0.2, 0) is 16.1 Å². The number of ether oxygens (including phenoxy) is 1. The summed E-state index contributed by atoms with van der Waals surface area (Å²) in [6.07, 6.45) is 0. The Hall–Kier alpha value is -2.81. The number of carbonyl (C=O) groups excluding carboxylic acids is 2. The van der Waals surface area contributed by atoms with Gasteiger partial charge in [-0.3, -0.25) is 4.79 Å². The summed E-state index contributed by atoms with van der Waals surface area (Å²) in [6, 6.07) is 5.70. The van der Waals surface area contributed by atoms with Crippen LogP contribution in [-0.4, -0.2) is 50.0 Å². The molecule has 0 saturated heterocycles. The van der Waals surface area contributed by atoms with Gasteiger partial charge in [-0.2, -0.15) is 4.98 Å². The van der Waals surface area contributed by atoms with Crippen LogP contribution in [0.15, 0.2) is 23.6 Å². The summed E-state index contributed by atoms with van der Waals surface area (Å²) in [5.74, 6) is -0.836. The lowest BCUT2D eigenvalue weighted by Gasteiger charge is -2.15. The van der Waals surface area contributed by atoms with Crippen molar-refractivity contribution < 1.29 is 14.3 Å². The molecule has 9 heteroatoms. The number of esters is 1. The Morgan fingerprint density at radius 3 is 2.84 bits per heavy atom. The Morgan fingerprint density at radius 2 is 2.12 bits per heavy atom. The fourth-order valence-corrected chi connectivity index (χ4v) is 3.04. The largest absolute Gasteiger partial charge is 0.450 e. The first kappa shape index (κ1) is 17.0. The average molecular weight is 359 g/mol. The molecule has 0 N–H and O–H groups in total. The maximum atomic E-state index is 12.1. The van der Waals surface area contributed by atoms with Gasteiger partial charge in [0.25, 0.3) is 17.5 Å².